The summed E-state index contributed by atoms with van der Waals surface area (Å²) in [5.41, 5.74) is 1.88. The fraction of sp³-hybridized carbons (Fsp3) is 0.444. The molecule has 1 aliphatic heterocycles. The van der Waals surface area contributed by atoms with Gasteiger partial charge in [-0.3, -0.25) is 25.4 Å². The van der Waals surface area contributed by atoms with E-state index >= 15 is 0 Å². The number of hydrogen-bond donors (Lipinski definition) is 5. The van der Waals surface area contributed by atoms with Crippen LogP contribution in [-0.4, -0.2) is 76.9 Å². The second-order valence-electron chi connectivity index (χ2n) is 10.1. The smallest absolute Gasteiger partial charge is 0.287 e. The van der Waals surface area contributed by atoms with E-state index in [0.717, 1.165) is 36.6 Å². The van der Waals surface area contributed by atoms with Crippen LogP contribution in [-0.2, 0) is 11.3 Å². The fourth-order valence-corrected chi connectivity index (χ4v) is 4.45. The van der Waals surface area contributed by atoms with Crippen LogP contribution in [0.4, 0.5) is 5.69 Å². The summed E-state index contributed by atoms with van der Waals surface area (Å²) >= 11 is 6.67. The van der Waals surface area contributed by atoms with Crippen LogP contribution in [0.5, 0.6) is 11.5 Å². The second kappa shape index (κ2) is 11.9. The maximum atomic E-state index is 12.8. The molecule has 1 fully saturated rings. The van der Waals surface area contributed by atoms with Crippen LogP contribution in [0.25, 0.3) is 0 Å². The zero-order chi connectivity index (χ0) is 27.4. The van der Waals surface area contributed by atoms with Gasteiger partial charge >= 0.3 is 0 Å². The molecule has 200 valence electrons. The molecule has 2 aromatic carbocycles. The Morgan fingerprint density at radius 1 is 1.05 bits per heavy atom. The number of hydrogen-bond acceptors (Lipinski definition) is 7. The first-order valence-electron chi connectivity index (χ1n) is 12.4. The predicted octanol–water partition coefficient (Wildman–Crippen LogP) is 3.96. The van der Waals surface area contributed by atoms with Crippen LogP contribution >= 0.6 is 11.6 Å². The van der Waals surface area contributed by atoms with Gasteiger partial charge in [0.2, 0.25) is 0 Å². The summed E-state index contributed by atoms with van der Waals surface area (Å²) in [5, 5.41) is 41.6. The summed E-state index contributed by atoms with van der Waals surface area (Å²) in [4.78, 5) is 18.6. The van der Waals surface area contributed by atoms with Crippen molar-refractivity contribution in [1.82, 2.24) is 15.1 Å². The summed E-state index contributed by atoms with van der Waals surface area (Å²) < 4.78 is 0. The number of amidine groups is 2. The number of halogens is 1. The van der Waals surface area contributed by atoms with Crippen molar-refractivity contribution >= 4 is 34.9 Å². The number of piperazine rings is 1. The minimum absolute atomic E-state index is 0.0763. The van der Waals surface area contributed by atoms with Crippen molar-refractivity contribution in [1.29, 1.82) is 10.8 Å². The van der Waals surface area contributed by atoms with Crippen molar-refractivity contribution in [2.75, 3.05) is 38.1 Å². The van der Waals surface area contributed by atoms with Crippen LogP contribution in [0.15, 0.2) is 30.3 Å². The number of carbonyl (C=O) groups is 1. The Kier molecular flexibility index (Phi) is 9.17. The Balaban J connectivity index is 2.00. The van der Waals surface area contributed by atoms with Crippen LogP contribution in [0.1, 0.15) is 50.3 Å². The third-order valence-corrected chi connectivity index (χ3v) is 6.74. The summed E-state index contributed by atoms with van der Waals surface area (Å²) in [5.74, 6) is -1.93. The van der Waals surface area contributed by atoms with Crippen LogP contribution in [0, 0.1) is 10.8 Å². The molecule has 0 atom stereocenters. The van der Waals surface area contributed by atoms with E-state index in [1.54, 1.807) is 26.0 Å². The third-order valence-electron chi connectivity index (χ3n) is 6.39. The molecule has 5 N–H and O–H groups in total. The Bertz CT molecular complexity index is 1170. The molecule has 9 nitrogen and oxygen atoms in total. The monoisotopic (exact) mass is 528 g/mol. The standard InChI is InChI=1S/C27H37ClN6O3/c1-16(2)20-13-21(24(36)14-23(20)35)25(29)34(26(30)27(37)31-17(3)4)19-7-6-18(22(28)12-19)15-33-10-8-32(5)9-11-33/h6-7,12-14,16-17,29-30,35-36H,8-11,15H2,1-5H3,(H,31,37). The molecule has 0 saturated carbocycles. The van der Waals surface area contributed by atoms with Crippen molar-refractivity contribution in [2.24, 2.45) is 0 Å². The van der Waals surface area contributed by atoms with E-state index < -0.39 is 11.7 Å². The number of benzene rings is 2. The first-order chi connectivity index (χ1) is 17.4. The summed E-state index contributed by atoms with van der Waals surface area (Å²) in [6.07, 6.45) is 0. The minimum atomic E-state index is -0.667. The molecule has 1 heterocycles. The molecule has 1 amide bonds. The maximum Gasteiger partial charge on any atom is 0.287 e. The quantitative estimate of drug-likeness (QED) is 0.285. The van der Waals surface area contributed by atoms with Crippen LogP contribution < -0.4 is 10.2 Å². The Morgan fingerprint density at radius 2 is 1.70 bits per heavy atom. The van der Waals surface area contributed by atoms with E-state index in [-0.39, 0.29) is 34.9 Å². The molecule has 3 rings (SSSR count). The van der Waals surface area contributed by atoms with Gasteiger partial charge in [0.05, 0.1) is 11.3 Å². The fourth-order valence-electron chi connectivity index (χ4n) is 4.22. The first kappa shape index (κ1) is 28.4. The summed E-state index contributed by atoms with van der Waals surface area (Å²) in [6.45, 7) is 11.8. The average molecular weight is 529 g/mol. The number of aromatic hydroxyl groups is 2. The molecule has 2 aromatic rings. The Hall–Kier alpha value is -3.14. The Labute approximate surface area is 223 Å². The van der Waals surface area contributed by atoms with Crippen molar-refractivity contribution in [2.45, 2.75) is 46.2 Å². The van der Waals surface area contributed by atoms with Gasteiger partial charge in [0.25, 0.3) is 5.91 Å². The van der Waals surface area contributed by atoms with Gasteiger partial charge in [-0.2, -0.15) is 0 Å². The van der Waals surface area contributed by atoms with Crippen molar-refractivity contribution in [3.63, 3.8) is 0 Å². The SMILES string of the molecule is CC(C)NC(=O)C(=N)N(C(=N)c1cc(C(C)C)c(O)cc1O)c1ccc(CN2CCN(C)CC2)c(Cl)c1. The number of rotatable bonds is 6. The molecule has 0 spiro atoms. The number of amides is 1. The molecule has 1 aliphatic rings. The highest BCUT2D eigenvalue weighted by Crippen LogP contribution is 2.34. The Morgan fingerprint density at radius 3 is 2.27 bits per heavy atom. The molecule has 1 saturated heterocycles. The number of phenolic OH excluding ortho intramolecular Hbond substituents is 2. The highest BCUT2D eigenvalue weighted by atomic mass is 35.5. The van der Waals surface area contributed by atoms with Crippen molar-refractivity contribution < 1.29 is 15.0 Å². The lowest BCUT2D eigenvalue weighted by molar-refractivity contribution is -0.115. The lowest BCUT2D eigenvalue weighted by Gasteiger charge is -2.32. The molecule has 0 bridgehead atoms. The van der Waals surface area contributed by atoms with E-state index in [0.29, 0.717) is 22.8 Å². The molecule has 10 heteroatoms. The zero-order valence-corrected chi connectivity index (χ0v) is 22.9. The van der Waals surface area contributed by atoms with E-state index in [1.165, 1.54) is 12.1 Å². The van der Waals surface area contributed by atoms with Gasteiger partial charge in [0, 0.05) is 49.9 Å². The maximum absolute atomic E-state index is 12.8. The largest absolute Gasteiger partial charge is 0.508 e. The zero-order valence-electron chi connectivity index (χ0n) is 22.1. The highest BCUT2D eigenvalue weighted by molar-refractivity contribution is 6.48. The van der Waals surface area contributed by atoms with Gasteiger partial charge in [-0.05, 0) is 56.1 Å². The van der Waals surface area contributed by atoms with Gasteiger partial charge in [0.1, 0.15) is 17.3 Å². The van der Waals surface area contributed by atoms with Crippen molar-refractivity contribution in [3.05, 3.63) is 52.0 Å². The average Bonchev–Trinajstić information content (AvgIpc) is 2.81. The number of anilines is 1. The summed E-state index contributed by atoms with van der Waals surface area (Å²) in [7, 11) is 2.10. The molecule has 0 aliphatic carbocycles. The van der Waals surface area contributed by atoms with Gasteiger partial charge in [-0.25, -0.2) is 0 Å². The number of nitrogens with zero attached hydrogens (tertiary/aromatic N) is 3. The molecule has 0 aromatic heterocycles. The second-order valence-corrected chi connectivity index (χ2v) is 10.5. The molecule has 37 heavy (non-hydrogen) atoms. The third kappa shape index (κ3) is 6.80. The lowest BCUT2D eigenvalue weighted by Crippen LogP contribution is -2.47. The molecular formula is C27H37ClN6O3. The van der Waals surface area contributed by atoms with Gasteiger partial charge in [-0.1, -0.05) is 31.5 Å². The van der Waals surface area contributed by atoms with Crippen molar-refractivity contribution in [3.8, 4) is 11.5 Å². The number of likely N-dealkylation sites (N-methyl/N-ethyl adjacent to an activating group) is 1. The topological polar surface area (TPSA) is 127 Å². The number of carbonyl (C=O) groups excluding carboxylic acids is 1. The normalized spacial score (nSPS) is 14.7. The van der Waals surface area contributed by atoms with E-state index in [9.17, 15) is 15.0 Å². The number of phenols is 2. The van der Waals surface area contributed by atoms with E-state index in [2.05, 4.69) is 22.2 Å². The molecule has 0 unspecified atom stereocenters. The van der Waals surface area contributed by atoms with E-state index in [4.69, 9.17) is 22.4 Å². The first-order valence-corrected chi connectivity index (χ1v) is 12.8. The van der Waals surface area contributed by atoms with E-state index in [1.807, 2.05) is 19.9 Å². The molecular weight excluding hydrogens is 492 g/mol. The minimum Gasteiger partial charge on any atom is -0.508 e. The predicted molar refractivity (Wildman–Crippen MR) is 148 cm³/mol. The van der Waals surface area contributed by atoms with Crippen LogP contribution in [0.3, 0.4) is 0 Å². The number of nitrogens with one attached hydrogen (secondary N) is 3. The molecule has 0 radical (unpaired) electrons. The highest BCUT2D eigenvalue weighted by Gasteiger charge is 2.28. The lowest BCUT2D eigenvalue weighted by atomic mass is 9.98. The van der Waals surface area contributed by atoms with Gasteiger partial charge in [-0.15, -0.1) is 0 Å². The van der Waals surface area contributed by atoms with Crippen LogP contribution in [0.2, 0.25) is 5.02 Å². The van der Waals surface area contributed by atoms with Gasteiger partial charge in [0.15, 0.2) is 5.84 Å². The summed E-state index contributed by atoms with van der Waals surface area (Å²) in [6, 6.07) is 7.69. The van der Waals surface area contributed by atoms with Gasteiger partial charge < -0.3 is 20.4 Å².